The van der Waals surface area contributed by atoms with E-state index in [1.807, 2.05) is 0 Å². The fourth-order valence-corrected chi connectivity index (χ4v) is 3.64. The zero-order valence-corrected chi connectivity index (χ0v) is 14.0. The van der Waals surface area contributed by atoms with Gasteiger partial charge < -0.3 is 35.0 Å². The number of hydrogen-bond donors (Lipinski definition) is 5. The summed E-state index contributed by atoms with van der Waals surface area (Å²) in [5.74, 6) is 0.301. The molecule has 23 heavy (non-hydrogen) atoms. The normalized spacial score (nSPS) is 45.9. The van der Waals surface area contributed by atoms with Gasteiger partial charge >= 0.3 is 0 Å². The van der Waals surface area contributed by atoms with E-state index in [1.54, 1.807) is 13.8 Å². The smallest absolute Gasteiger partial charge is 0.186 e. The molecule has 0 bridgehead atoms. The van der Waals surface area contributed by atoms with Crippen LogP contribution in [0.2, 0.25) is 0 Å². The van der Waals surface area contributed by atoms with Gasteiger partial charge in [-0.15, -0.1) is 0 Å². The lowest BCUT2D eigenvalue weighted by molar-refractivity contribution is -0.321. The quantitative estimate of drug-likeness (QED) is 0.465. The van der Waals surface area contributed by atoms with Crippen LogP contribution in [0.15, 0.2) is 0 Å². The standard InChI is InChI=1S/C16H30O7/c1-8-4-5-9(16(2,3)21)10(6-8)22-15-14(20)13(19)12(18)11(7-17)23-15/h8-15,17-21H,4-7H2,1-3H3/t8?,9?,10?,11-,12-,13+,14-,15-/m1/s1. The van der Waals surface area contributed by atoms with E-state index < -0.39 is 42.9 Å². The molecule has 1 saturated carbocycles. The topological polar surface area (TPSA) is 120 Å². The Morgan fingerprint density at radius 2 is 1.74 bits per heavy atom. The third-order valence-corrected chi connectivity index (χ3v) is 5.12. The Bertz CT molecular complexity index is 381. The Balaban J connectivity index is 2.11. The van der Waals surface area contributed by atoms with Gasteiger partial charge in [0.05, 0.1) is 18.3 Å². The van der Waals surface area contributed by atoms with E-state index in [1.165, 1.54) is 0 Å². The highest BCUT2D eigenvalue weighted by Crippen LogP contribution is 2.38. The van der Waals surface area contributed by atoms with Crippen molar-refractivity contribution < 1.29 is 35.0 Å². The highest BCUT2D eigenvalue weighted by Gasteiger charge is 2.47. The van der Waals surface area contributed by atoms with Gasteiger partial charge in [0.15, 0.2) is 6.29 Å². The number of aliphatic hydroxyl groups is 5. The fourth-order valence-electron chi connectivity index (χ4n) is 3.64. The van der Waals surface area contributed by atoms with Crippen molar-refractivity contribution in [3.05, 3.63) is 0 Å². The lowest BCUT2D eigenvalue weighted by atomic mass is 9.73. The average Bonchev–Trinajstić information content (AvgIpc) is 2.46. The summed E-state index contributed by atoms with van der Waals surface area (Å²) in [6, 6.07) is 0. The van der Waals surface area contributed by atoms with Gasteiger partial charge in [-0.1, -0.05) is 13.3 Å². The Hall–Kier alpha value is -0.280. The molecule has 0 aromatic carbocycles. The molecule has 2 fully saturated rings. The van der Waals surface area contributed by atoms with Gasteiger partial charge in [0.1, 0.15) is 24.4 Å². The van der Waals surface area contributed by atoms with E-state index in [-0.39, 0.29) is 12.0 Å². The second kappa shape index (κ2) is 7.31. The molecule has 3 unspecified atom stereocenters. The van der Waals surface area contributed by atoms with E-state index >= 15 is 0 Å². The second-order valence-electron chi connectivity index (χ2n) is 7.55. The highest BCUT2D eigenvalue weighted by molar-refractivity contribution is 4.92. The first-order valence-electron chi connectivity index (χ1n) is 8.33. The summed E-state index contributed by atoms with van der Waals surface area (Å²) >= 11 is 0. The summed E-state index contributed by atoms with van der Waals surface area (Å²) in [6.45, 7) is 5.08. The van der Waals surface area contributed by atoms with Crippen molar-refractivity contribution in [1.29, 1.82) is 0 Å². The Labute approximate surface area is 136 Å². The zero-order valence-electron chi connectivity index (χ0n) is 14.0. The Kier molecular flexibility index (Phi) is 6.05. The van der Waals surface area contributed by atoms with E-state index in [0.717, 1.165) is 12.8 Å². The van der Waals surface area contributed by atoms with E-state index in [2.05, 4.69) is 6.92 Å². The summed E-state index contributed by atoms with van der Waals surface area (Å²) in [5.41, 5.74) is -0.932. The molecule has 0 amide bonds. The summed E-state index contributed by atoms with van der Waals surface area (Å²) in [4.78, 5) is 0. The van der Waals surface area contributed by atoms with Gasteiger partial charge in [-0.25, -0.2) is 0 Å². The van der Waals surface area contributed by atoms with Gasteiger partial charge in [-0.2, -0.15) is 0 Å². The molecule has 0 radical (unpaired) electrons. The Morgan fingerprint density at radius 3 is 2.30 bits per heavy atom. The maximum Gasteiger partial charge on any atom is 0.186 e. The lowest BCUT2D eigenvalue weighted by Crippen LogP contribution is -2.60. The number of aliphatic hydroxyl groups excluding tert-OH is 4. The third kappa shape index (κ3) is 4.22. The summed E-state index contributed by atoms with van der Waals surface area (Å²) in [6.07, 6.45) is -4.23. The van der Waals surface area contributed by atoms with Crippen LogP contribution in [0.3, 0.4) is 0 Å². The van der Waals surface area contributed by atoms with Crippen molar-refractivity contribution in [2.45, 2.75) is 82.4 Å². The van der Waals surface area contributed by atoms with Crippen LogP contribution in [-0.2, 0) is 9.47 Å². The van der Waals surface area contributed by atoms with E-state index in [0.29, 0.717) is 12.3 Å². The van der Waals surface area contributed by atoms with Gasteiger partial charge in [0.25, 0.3) is 0 Å². The fraction of sp³-hybridized carbons (Fsp3) is 1.00. The van der Waals surface area contributed by atoms with Crippen molar-refractivity contribution in [2.75, 3.05) is 6.61 Å². The average molecular weight is 334 g/mol. The molecule has 0 aromatic rings. The predicted octanol–water partition coefficient (Wildman–Crippen LogP) is -0.621. The third-order valence-electron chi connectivity index (χ3n) is 5.12. The molecular weight excluding hydrogens is 304 g/mol. The van der Waals surface area contributed by atoms with Crippen LogP contribution in [0.25, 0.3) is 0 Å². The summed E-state index contributed by atoms with van der Waals surface area (Å²) in [5, 5.41) is 49.4. The monoisotopic (exact) mass is 334 g/mol. The molecular formula is C16H30O7. The van der Waals surface area contributed by atoms with Crippen molar-refractivity contribution >= 4 is 0 Å². The van der Waals surface area contributed by atoms with Crippen molar-refractivity contribution in [2.24, 2.45) is 11.8 Å². The molecule has 0 spiro atoms. The molecule has 136 valence electrons. The van der Waals surface area contributed by atoms with Crippen LogP contribution in [0, 0.1) is 11.8 Å². The number of hydrogen-bond acceptors (Lipinski definition) is 7. The van der Waals surface area contributed by atoms with E-state index in [4.69, 9.17) is 9.47 Å². The summed E-state index contributed by atoms with van der Waals surface area (Å²) < 4.78 is 11.3. The van der Waals surface area contributed by atoms with Crippen LogP contribution >= 0.6 is 0 Å². The molecule has 2 rings (SSSR count). The lowest BCUT2D eigenvalue weighted by Gasteiger charge is -2.45. The van der Waals surface area contributed by atoms with Gasteiger partial charge in [0, 0.05) is 5.92 Å². The minimum absolute atomic E-state index is 0.119. The molecule has 1 aliphatic heterocycles. The van der Waals surface area contributed by atoms with Crippen molar-refractivity contribution in [1.82, 2.24) is 0 Å². The van der Waals surface area contributed by atoms with Crippen LogP contribution in [0.1, 0.15) is 40.0 Å². The van der Waals surface area contributed by atoms with Gasteiger partial charge in [-0.05, 0) is 32.6 Å². The molecule has 7 nitrogen and oxygen atoms in total. The summed E-state index contributed by atoms with van der Waals surface area (Å²) in [7, 11) is 0. The SMILES string of the molecule is CC1CCC(C(C)(C)O)C(O[C@@H]2O[C@H](CO)[C@@H](O)[C@H](O)[C@H]2O)C1. The number of ether oxygens (including phenoxy) is 2. The first kappa shape index (κ1) is 19.1. The highest BCUT2D eigenvalue weighted by atomic mass is 16.7. The molecule has 0 aromatic heterocycles. The molecule has 1 saturated heterocycles. The molecule has 1 aliphatic carbocycles. The largest absolute Gasteiger partial charge is 0.394 e. The maximum absolute atomic E-state index is 10.4. The predicted molar refractivity (Wildman–Crippen MR) is 81.4 cm³/mol. The van der Waals surface area contributed by atoms with Crippen LogP contribution in [0.5, 0.6) is 0 Å². The molecule has 5 N–H and O–H groups in total. The van der Waals surface area contributed by atoms with Gasteiger partial charge in [0.2, 0.25) is 0 Å². The van der Waals surface area contributed by atoms with Crippen molar-refractivity contribution in [3.8, 4) is 0 Å². The molecule has 1 heterocycles. The van der Waals surface area contributed by atoms with Crippen LogP contribution in [0.4, 0.5) is 0 Å². The minimum Gasteiger partial charge on any atom is -0.394 e. The molecule has 8 atom stereocenters. The van der Waals surface area contributed by atoms with Crippen molar-refractivity contribution in [3.63, 3.8) is 0 Å². The Morgan fingerprint density at radius 1 is 1.09 bits per heavy atom. The van der Waals surface area contributed by atoms with Crippen LogP contribution in [-0.4, -0.2) is 74.6 Å². The van der Waals surface area contributed by atoms with Gasteiger partial charge in [-0.3, -0.25) is 0 Å². The number of rotatable bonds is 4. The maximum atomic E-state index is 10.4. The molecule has 2 aliphatic rings. The van der Waals surface area contributed by atoms with Crippen LogP contribution < -0.4 is 0 Å². The first-order valence-corrected chi connectivity index (χ1v) is 8.33. The minimum atomic E-state index is -1.45. The second-order valence-corrected chi connectivity index (χ2v) is 7.55. The zero-order chi connectivity index (χ0) is 17.4. The van der Waals surface area contributed by atoms with E-state index in [9.17, 15) is 25.5 Å². The molecule has 7 heteroatoms. The first-order chi connectivity index (χ1) is 10.6.